The number of hydrogen-bond acceptors (Lipinski definition) is 4. The summed E-state index contributed by atoms with van der Waals surface area (Å²) < 4.78 is 3.28. The Morgan fingerprint density at radius 2 is 2.21 bits per heavy atom. The normalized spacial score (nSPS) is 14.7. The molecule has 104 valence electrons. The van der Waals surface area contributed by atoms with Gasteiger partial charge in [-0.3, -0.25) is 14.0 Å². The minimum absolute atomic E-state index is 0.0262. The van der Waals surface area contributed by atoms with Crippen molar-refractivity contribution in [3.8, 4) is 0 Å². The van der Waals surface area contributed by atoms with Gasteiger partial charge in [-0.1, -0.05) is 20.3 Å². The van der Waals surface area contributed by atoms with Crippen LogP contribution in [-0.4, -0.2) is 32.4 Å². The third kappa shape index (κ3) is 2.53. The molecule has 19 heavy (non-hydrogen) atoms. The highest BCUT2D eigenvalue weighted by molar-refractivity contribution is 5.72. The molecular formula is C13H21N5O. The molecule has 0 amide bonds. The molecule has 6 nitrogen and oxygen atoms in total. The molecular weight excluding hydrogens is 242 g/mol. The molecule has 0 radical (unpaired) electrons. The van der Waals surface area contributed by atoms with Crippen molar-refractivity contribution >= 4 is 11.0 Å². The maximum absolute atomic E-state index is 12.3. The van der Waals surface area contributed by atoms with Crippen LogP contribution in [-0.2, 0) is 13.6 Å². The predicted molar refractivity (Wildman–Crippen MR) is 75.1 cm³/mol. The van der Waals surface area contributed by atoms with E-state index in [0.29, 0.717) is 23.5 Å². The Balaban J connectivity index is 2.35. The quantitative estimate of drug-likeness (QED) is 0.865. The molecule has 2 aromatic heterocycles. The summed E-state index contributed by atoms with van der Waals surface area (Å²) >= 11 is 0. The largest absolute Gasteiger partial charge is 0.315 e. The molecule has 2 unspecified atom stereocenters. The number of aryl methyl sites for hydroxylation is 1. The van der Waals surface area contributed by atoms with Crippen LogP contribution >= 0.6 is 0 Å². The number of likely N-dealkylation sites (N-methyl/N-ethyl adjacent to an activating group) is 1. The topological polar surface area (TPSA) is 64.7 Å². The summed E-state index contributed by atoms with van der Waals surface area (Å²) in [4.78, 5) is 16.7. The zero-order valence-electron chi connectivity index (χ0n) is 11.9. The summed E-state index contributed by atoms with van der Waals surface area (Å²) in [6.45, 7) is 4.96. The summed E-state index contributed by atoms with van der Waals surface area (Å²) in [5.74, 6) is 0.501. The fourth-order valence-electron chi connectivity index (χ4n) is 2.25. The average Bonchev–Trinajstić information content (AvgIpc) is 2.80. The molecule has 2 rings (SSSR count). The summed E-state index contributed by atoms with van der Waals surface area (Å²) in [5.41, 5.74) is 0.604. The Morgan fingerprint density at radius 1 is 1.47 bits per heavy atom. The zero-order valence-corrected chi connectivity index (χ0v) is 11.9. The van der Waals surface area contributed by atoms with Gasteiger partial charge in [-0.2, -0.15) is 5.10 Å². The first-order chi connectivity index (χ1) is 9.08. The zero-order chi connectivity index (χ0) is 14.0. The van der Waals surface area contributed by atoms with Crippen LogP contribution in [0.3, 0.4) is 0 Å². The second-order valence-electron chi connectivity index (χ2n) is 4.99. The van der Waals surface area contributed by atoms with Gasteiger partial charge < -0.3 is 5.32 Å². The number of rotatable bonds is 5. The molecule has 6 heteroatoms. The highest BCUT2D eigenvalue weighted by Crippen LogP contribution is 2.09. The van der Waals surface area contributed by atoms with Gasteiger partial charge in [-0.05, 0) is 13.0 Å². The fourth-order valence-corrected chi connectivity index (χ4v) is 2.25. The number of hydrogen-bond donors (Lipinski definition) is 1. The molecule has 0 aliphatic rings. The van der Waals surface area contributed by atoms with E-state index >= 15 is 0 Å². The first-order valence-electron chi connectivity index (χ1n) is 6.62. The first-order valence-corrected chi connectivity index (χ1v) is 6.62. The Bertz CT molecular complexity index is 615. The van der Waals surface area contributed by atoms with E-state index in [-0.39, 0.29) is 11.6 Å². The standard InChI is InChI=1S/C13H21N5O/c1-5-9(2)11(14-3)7-18-8-15-12-10(13(18)19)6-16-17(12)4/h6,8-9,11,14H,5,7H2,1-4H3. The van der Waals surface area contributed by atoms with E-state index in [4.69, 9.17) is 0 Å². The van der Waals surface area contributed by atoms with Crippen LogP contribution in [0.4, 0.5) is 0 Å². The second-order valence-corrected chi connectivity index (χ2v) is 4.99. The van der Waals surface area contributed by atoms with Gasteiger partial charge in [0, 0.05) is 19.6 Å². The van der Waals surface area contributed by atoms with Crippen LogP contribution in [0.15, 0.2) is 17.3 Å². The lowest BCUT2D eigenvalue weighted by Gasteiger charge is -2.23. The Kier molecular flexibility index (Phi) is 3.99. The maximum Gasteiger partial charge on any atom is 0.264 e. The van der Waals surface area contributed by atoms with Crippen molar-refractivity contribution in [2.45, 2.75) is 32.9 Å². The highest BCUT2D eigenvalue weighted by Gasteiger charge is 2.16. The highest BCUT2D eigenvalue weighted by atomic mass is 16.1. The lowest BCUT2D eigenvalue weighted by atomic mass is 9.99. The average molecular weight is 263 g/mol. The van der Waals surface area contributed by atoms with Crippen LogP contribution in [0.25, 0.3) is 11.0 Å². The molecule has 0 fully saturated rings. The van der Waals surface area contributed by atoms with Gasteiger partial charge in [0.2, 0.25) is 0 Å². The SMILES string of the molecule is CCC(C)C(Cn1cnc2c(cnn2C)c1=O)NC. The van der Waals surface area contributed by atoms with E-state index < -0.39 is 0 Å². The van der Waals surface area contributed by atoms with Gasteiger partial charge in [0.05, 0.1) is 6.20 Å². The minimum Gasteiger partial charge on any atom is -0.315 e. The monoisotopic (exact) mass is 263 g/mol. The van der Waals surface area contributed by atoms with E-state index in [1.54, 1.807) is 28.8 Å². The number of nitrogens with one attached hydrogen (secondary N) is 1. The number of nitrogens with zero attached hydrogens (tertiary/aromatic N) is 4. The van der Waals surface area contributed by atoms with Crippen LogP contribution in [0.2, 0.25) is 0 Å². The Morgan fingerprint density at radius 3 is 2.84 bits per heavy atom. The van der Waals surface area contributed by atoms with Crippen molar-refractivity contribution in [2.75, 3.05) is 7.05 Å². The maximum atomic E-state index is 12.3. The molecule has 0 aliphatic carbocycles. The number of aromatic nitrogens is 4. The summed E-state index contributed by atoms with van der Waals surface area (Å²) in [7, 11) is 3.71. The molecule has 0 aromatic carbocycles. The Labute approximate surface area is 112 Å². The molecule has 2 aromatic rings. The molecule has 2 atom stereocenters. The van der Waals surface area contributed by atoms with E-state index in [2.05, 4.69) is 29.2 Å². The minimum atomic E-state index is -0.0262. The van der Waals surface area contributed by atoms with Crippen molar-refractivity contribution in [3.05, 3.63) is 22.9 Å². The van der Waals surface area contributed by atoms with Gasteiger partial charge in [-0.15, -0.1) is 0 Å². The smallest absolute Gasteiger partial charge is 0.264 e. The van der Waals surface area contributed by atoms with Crippen molar-refractivity contribution in [1.82, 2.24) is 24.6 Å². The Hall–Kier alpha value is -1.69. The molecule has 0 spiro atoms. The molecule has 0 aliphatic heterocycles. The summed E-state index contributed by atoms with van der Waals surface area (Å²) in [6, 6.07) is 0.263. The van der Waals surface area contributed by atoms with Crippen molar-refractivity contribution < 1.29 is 0 Å². The van der Waals surface area contributed by atoms with Crippen LogP contribution < -0.4 is 10.9 Å². The van der Waals surface area contributed by atoms with Gasteiger partial charge in [-0.25, -0.2) is 4.98 Å². The van der Waals surface area contributed by atoms with Crippen LogP contribution in [0.5, 0.6) is 0 Å². The summed E-state index contributed by atoms with van der Waals surface area (Å²) in [6.07, 6.45) is 4.26. The fraction of sp³-hybridized carbons (Fsp3) is 0.615. The van der Waals surface area contributed by atoms with Crippen LogP contribution in [0.1, 0.15) is 20.3 Å². The van der Waals surface area contributed by atoms with Gasteiger partial charge in [0.1, 0.15) is 11.7 Å². The van der Waals surface area contributed by atoms with Gasteiger partial charge >= 0.3 is 0 Å². The van der Waals surface area contributed by atoms with E-state index in [9.17, 15) is 4.79 Å². The molecule has 2 heterocycles. The number of fused-ring (bicyclic) bond motifs is 1. The molecule has 0 saturated heterocycles. The molecule has 0 bridgehead atoms. The second kappa shape index (κ2) is 5.52. The van der Waals surface area contributed by atoms with E-state index in [1.165, 1.54) is 0 Å². The molecule has 1 N–H and O–H groups in total. The predicted octanol–water partition coefficient (Wildman–Crippen LogP) is 0.764. The van der Waals surface area contributed by atoms with Gasteiger partial charge in [0.25, 0.3) is 5.56 Å². The van der Waals surface area contributed by atoms with Crippen molar-refractivity contribution in [3.63, 3.8) is 0 Å². The third-order valence-electron chi connectivity index (χ3n) is 3.81. The van der Waals surface area contributed by atoms with Gasteiger partial charge in [0.15, 0.2) is 5.65 Å². The third-order valence-corrected chi connectivity index (χ3v) is 3.81. The lowest BCUT2D eigenvalue weighted by Crippen LogP contribution is -2.39. The van der Waals surface area contributed by atoms with Crippen molar-refractivity contribution in [2.24, 2.45) is 13.0 Å². The van der Waals surface area contributed by atoms with Crippen molar-refractivity contribution in [1.29, 1.82) is 0 Å². The van der Waals surface area contributed by atoms with E-state index in [0.717, 1.165) is 6.42 Å². The van der Waals surface area contributed by atoms with Crippen LogP contribution in [0, 0.1) is 5.92 Å². The first kappa shape index (κ1) is 13.7. The lowest BCUT2D eigenvalue weighted by molar-refractivity contribution is 0.344. The summed E-state index contributed by atoms with van der Waals surface area (Å²) in [5, 5.41) is 7.92. The molecule has 0 saturated carbocycles. The van der Waals surface area contributed by atoms with E-state index in [1.807, 2.05) is 7.05 Å².